The van der Waals surface area contributed by atoms with Gasteiger partial charge in [0.05, 0.1) is 13.2 Å². The number of morpholine rings is 1. The molecule has 1 saturated heterocycles. The summed E-state index contributed by atoms with van der Waals surface area (Å²) in [4.78, 5) is 6.14. The summed E-state index contributed by atoms with van der Waals surface area (Å²) in [7, 11) is 1.90. The number of aromatic nitrogens is 2. The Kier molecular flexibility index (Phi) is 2.49. The molecule has 0 amide bonds. The van der Waals surface area contributed by atoms with Crippen molar-refractivity contribution in [3.05, 3.63) is 18.2 Å². The molecule has 0 saturated carbocycles. The van der Waals surface area contributed by atoms with Crippen molar-refractivity contribution in [3.63, 3.8) is 0 Å². The Labute approximate surface area is 82.8 Å². The van der Waals surface area contributed by atoms with E-state index in [2.05, 4.69) is 4.98 Å². The molecule has 0 radical (unpaired) electrons. The largest absolute Gasteiger partial charge is 0.378 e. The lowest BCUT2D eigenvalue weighted by molar-refractivity contribution is 0.0677. The van der Waals surface area contributed by atoms with Gasteiger partial charge in [0.2, 0.25) is 0 Å². The van der Waals surface area contributed by atoms with Crippen LogP contribution in [0.25, 0.3) is 0 Å². The Hall–Kier alpha value is -1.36. The maximum Gasteiger partial charge on any atom is 0.175 e. The summed E-state index contributed by atoms with van der Waals surface area (Å²) < 4.78 is 7.09. The van der Waals surface area contributed by atoms with E-state index in [9.17, 15) is 0 Å². The van der Waals surface area contributed by atoms with E-state index in [-0.39, 0.29) is 0 Å². The first-order chi connectivity index (χ1) is 6.79. The molecule has 76 valence electrons. The highest BCUT2D eigenvalue weighted by Crippen LogP contribution is 2.04. The zero-order valence-electron chi connectivity index (χ0n) is 8.23. The van der Waals surface area contributed by atoms with Gasteiger partial charge in [-0.05, 0) is 0 Å². The predicted molar refractivity (Wildman–Crippen MR) is 52.4 cm³/mol. The molecule has 14 heavy (non-hydrogen) atoms. The third kappa shape index (κ3) is 1.63. The average Bonchev–Trinajstić information content (AvgIpc) is 2.65. The molecule has 1 fully saturated rings. The third-order valence-electron chi connectivity index (χ3n) is 2.36. The van der Waals surface area contributed by atoms with E-state index in [1.807, 2.05) is 22.7 Å². The molecule has 0 aromatic carbocycles. The highest BCUT2D eigenvalue weighted by Gasteiger charge is 2.17. The highest BCUT2D eigenvalue weighted by atomic mass is 16.5. The molecule has 0 spiro atoms. The van der Waals surface area contributed by atoms with Crippen LogP contribution >= 0.6 is 0 Å². The Bertz CT molecular complexity index is 327. The number of amidine groups is 1. The second-order valence-corrected chi connectivity index (χ2v) is 3.31. The van der Waals surface area contributed by atoms with E-state index in [1.54, 1.807) is 6.20 Å². The standard InChI is InChI=1S/C9H14N4O/c1-12-3-2-11-9(12)8(10)13-4-6-14-7-5-13/h2-3,10H,4-7H2,1H3. The van der Waals surface area contributed by atoms with Crippen LogP contribution in [0.15, 0.2) is 12.4 Å². The number of imidazole rings is 1. The summed E-state index contributed by atoms with van der Waals surface area (Å²) >= 11 is 0. The van der Waals surface area contributed by atoms with Gasteiger partial charge in [-0.1, -0.05) is 0 Å². The summed E-state index contributed by atoms with van der Waals surface area (Å²) in [5.41, 5.74) is 0. The van der Waals surface area contributed by atoms with Crippen molar-refractivity contribution in [2.24, 2.45) is 7.05 Å². The van der Waals surface area contributed by atoms with Crippen LogP contribution < -0.4 is 0 Å². The van der Waals surface area contributed by atoms with Gasteiger partial charge in [0.25, 0.3) is 0 Å². The molecule has 0 unspecified atom stereocenters. The lowest BCUT2D eigenvalue weighted by Gasteiger charge is -2.28. The molecule has 2 rings (SSSR count). The van der Waals surface area contributed by atoms with Gasteiger partial charge in [-0.3, -0.25) is 5.41 Å². The van der Waals surface area contributed by atoms with Gasteiger partial charge in [0.15, 0.2) is 11.7 Å². The van der Waals surface area contributed by atoms with Crippen molar-refractivity contribution in [1.29, 1.82) is 5.41 Å². The van der Waals surface area contributed by atoms with Gasteiger partial charge in [-0.15, -0.1) is 0 Å². The molecule has 2 heterocycles. The smallest absolute Gasteiger partial charge is 0.175 e. The Balaban J connectivity index is 2.11. The van der Waals surface area contributed by atoms with Gasteiger partial charge in [-0.25, -0.2) is 4.98 Å². The van der Waals surface area contributed by atoms with Crippen molar-refractivity contribution in [2.45, 2.75) is 0 Å². The average molecular weight is 194 g/mol. The molecule has 0 atom stereocenters. The van der Waals surface area contributed by atoms with Crippen LogP contribution in [0.2, 0.25) is 0 Å². The topological polar surface area (TPSA) is 54.1 Å². The lowest BCUT2D eigenvalue weighted by atomic mass is 10.4. The van der Waals surface area contributed by atoms with Crippen LogP contribution in [0.4, 0.5) is 0 Å². The van der Waals surface area contributed by atoms with E-state index in [0.717, 1.165) is 13.1 Å². The molecule has 1 aromatic rings. The third-order valence-corrected chi connectivity index (χ3v) is 2.36. The fraction of sp³-hybridized carbons (Fsp3) is 0.556. The van der Waals surface area contributed by atoms with Gasteiger partial charge in [0, 0.05) is 32.5 Å². The SMILES string of the molecule is Cn1ccnc1C(=N)N1CCOCC1. The van der Waals surface area contributed by atoms with Gasteiger partial charge in [0.1, 0.15) is 0 Å². The number of hydrogen-bond donors (Lipinski definition) is 1. The Morgan fingerprint density at radius 2 is 2.21 bits per heavy atom. The van der Waals surface area contributed by atoms with E-state index in [0.29, 0.717) is 24.9 Å². The van der Waals surface area contributed by atoms with Crippen molar-refractivity contribution in [3.8, 4) is 0 Å². The monoisotopic (exact) mass is 194 g/mol. The zero-order valence-corrected chi connectivity index (χ0v) is 8.23. The summed E-state index contributed by atoms with van der Waals surface area (Å²) in [6.07, 6.45) is 3.56. The molecular weight excluding hydrogens is 180 g/mol. The lowest BCUT2D eigenvalue weighted by Crippen LogP contribution is -2.41. The first kappa shape index (κ1) is 9.21. The maximum atomic E-state index is 7.97. The molecular formula is C9H14N4O. The molecule has 1 aromatic heterocycles. The normalized spacial score (nSPS) is 17.1. The highest BCUT2D eigenvalue weighted by molar-refractivity contribution is 5.93. The number of nitrogens with one attached hydrogen (secondary N) is 1. The van der Waals surface area contributed by atoms with Gasteiger partial charge < -0.3 is 14.2 Å². The van der Waals surface area contributed by atoms with E-state index >= 15 is 0 Å². The van der Waals surface area contributed by atoms with E-state index < -0.39 is 0 Å². The van der Waals surface area contributed by atoms with Gasteiger partial charge in [-0.2, -0.15) is 0 Å². The molecule has 1 N–H and O–H groups in total. The minimum atomic E-state index is 0.487. The second-order valence-electron chi connectivity index (χ2n) is 3.31. The van der Waals surface area contributed by atoms with Crippen LogP contribution in [0.1, 0.15) is 5.82 Å². The molecule has 5 heteroatoms. The van der Waals surface area contributed by atoms with Gasteiger partial charge >= 0.3 is 0 Å². The maximum absolute atomic E-state index is 7.97. The van der Waals surface area contributed by atoms with Crippen LogP contribution in [0.5, 0.6) is 0 Å². The summed E-state index contributed by atoms with van der Waals surface area (Å²) in [6.45, 7) is 2.97. The summed E-state index contributed by atoms with van der Waals surface area (Å²) in [5.74, 6) is 1.20. The number of hydrogen-bond acceptors (Lipinski definition) is 3. The zero-order chi connectivity index (χ0) is 9.97. The van der Waals surface area contributed by atoms with Crippen molar-refractivity contribution < 1.29 is 4.74 Å². The van der Waals surface area contributed by atoms with E-state index in [4.69, 9.17) is 10.1 Å². The minimum absolute atomic E-state index is 0.487. The van der Waals surface area contributed by atoms with E-state index in [1.165, 1.54) is 0 Å². The molecule has 0 aliphatic carbocycles. The molecule has 1 aliphatic heterocycles. The quantitative estimate of drug-likeness (QED) is 0.508. The van der Waals surface area contributed by atoms with Crippen molar-refractivity contribution in [1.82, 2.24) is 14.5 Å². The fourth-order valence-electron chi connectivity index (χ4n) is 1.52. The number of aryl methyl sites for hydroxylation is 1. The van der Waals surface area contributed by atoms with Crippen LogP contribution in [0.3, 0.4) is 0 Å². The van der Waals surface area contributed by atoms with Crippen molar-refractivity contribution >= 4 is 5.84 Å². The number of rotatable bonds is 1. The minimum Gasteiger partial charge on any atom is -0.378 e. The molecule has 5 nitrogen and oxygen atoms in total. The second kappa shape index (κ2) is 3.79. The first-order valence-corrected chi connectivity index (χ1v) is 4.68. The molecule has 1 aliphatic rings. The summed E-state index contributed by atoms with van der Waals surface area (Å²) in [5, 5.41) is 7.97. The van der Waals surface area contributed by atoms with Crippen LogP contribution in [0, 0.1) is 5.41 Å². The summed E-state index contributed by atoms with van der Waals surface area (Å²) in [6, 6.07) is 0. The Morgan fingerprint density at radius 1 is 1.50 bits per heavy atom. The number of nitrogens with zero attached hydrogens (tertiary/aromatic N) is 3. The fourth-order valence-corrected chi connectivity index (χ4v) is 1.52. The van der Waals surface area contributed by atoms with Crippen LogP contribution in [-0.2, 0) is 11.8 Å². The Morgan fingerprint density at radius 3 is 2.79 bits per heavy atom. The van der Waals surface area contributed by atoms with Crippen LogP contribution in [-0.4, -0.2) is 46.6 Å². The molecule has 0 bridgehead atoms. The van der Waals surface area contributed by atoms with Crippen molar-refractivity contribution in [2.75, 3.05) is 26.3 Å². The first-order valence-electron chi connectivity index (χ1n) is 4.68. The number of ether oxygens (including phenoxy) is 1. The predicted octanol–water partition coefficient (Wildman–Crippen LogP) is 0.0777.